The molecule has 1 aliphatic rings. The van der Waals surface area contributed by atoms with Crippen LogP contribution in [0, 0.1) is 0 Å². The second-order valence-corrected chi connectivity index (χ2v) is 9.99. The van der Waals surface area contributed by atoms with Crippen molar-refractivity contribution in [2.24, 2.45) is 0 Å². The van der Waals surface area contributed by atoms with E-state index in [-0.39, 0.29) is 0 Å². The van der Waals surface area contributed by atoms with Gasteiger partial charge in [-0.1, -0.05) is 91.0 Å². The molecule has 1 N–H and O–H groups in total. The Morgan fingerprint density at radius 1 is 0.525 bits per heavy atom. The van der Waals surface area contributed by atoms with Crippen LogP contribution < -0.4 is 4.90 Å². The number of rotatable bonds is 3. The van der Waals surface area contributed by atoms with Gasteiger partial charge < -0.3 is 4.98 Å². The van der Waals surface area contributed by atoms with E-state index < -0.39 is 0 Å². The quantitative estimate of drug-likeness (QED) is 0.256. The van der Waals surface area contributed by atoms with E-state index >= 15 is 0 Å². The molecule has 4 aromatic carbocycles. The van der Waals surface area contributed by atoms with Crippen molar-refractivity contribution >= 4 is 51.2 Å². The molecule has 4 heteroatoms. The zero-order valence-corrected chi connectivity index (χ0v) is 21.6. The van der Waals surface area contributed by atoms with Crippen LogP contribution in [0.15, 0.2) is 128 Å². The van der Waals surface area contributed by atoms with Gasteiger partial charge in [0.15, 0.2) is 0 Å². The Kier molecular flexibility index (Phi) is 5.10. The van der Waals surface area contributed by atoms with E-state index in [1.54, 1.807) is 0 Å². The van der Waals surface area contributed by atoms with Crippen molar-refractivity contribution in [2.75, 3.05) is 4.90 Å². The van der Waals surface area contributed by atoms with Gasteiger partial charge >= 0.3 is 0 Å². The number of nitrogens with one attached hydrogen (secondary N) is 1. The first-order valence-electron chi connectivity index (χ1n) is 13.4. The molecule has 0 saturated heterocycles. The number of aromatic nitrogens is 3. The molecule has 0 spiro atoms. The molecule has 0 saturated carbocycles. The molecule has 0 radical (unpaired) electrons. The maximum atomic E-state index is 4.75. The van der Waals surface area contributed by atoms with Crippen molar-refractivity contribution < 1.29 is 0 Å². The number of hydrogen-bond donors (Lipinski definition) is 1. The Morgan fingerprint density at radius 3 is 2.00 bits per heavy atom. The molecule has 4 heterocycles. The summed E-state index contributed by atoms with van der Waals surface area (Å²) in [4.78, 5) is 15.4. The highest BCUT2D eigenvalue weighted by Crippen LogP contribution is 2.44. The van der Waals surface area contributed by atoms with Gasteiger partial charge in [0.1, 0.15) is 5.82 Å². The van der Waals surface area contributed by atoms with Crippen LogP contribution in [0.5, 0.6) is 0 Å². The minimum absolute atomic E-state index is 0.890. The molecule has 3 aromatic heterocycles. The van der Waals surface area contributed by atoms with E-state index in [2.05, 4.69) is 118 Å². The SMILES string of the molecule is C1=Cc2ccc(-c3cccc4c3[nH]c3c(-c5ccccn5)cccc34)cc2N(c2ccccn2)c2ccccc21. The summed E-state index contributed by atoms with van der Waals surface area (Å²) in [6, 6.07) is 40.3. The molecular formula is C36H24N4. The lowest BCUT2D eigenvalue weighted by atomic mass is 9.99. The van der Waals surface area contributed by atoms with Crippen LogP contribution in [0.4, 0.5) is 17.2 Å². The molecule has 0 amide bonds. The highest BCUT2D eigenvalue weighted by molar-refractivity contribution is 6.15. The molecule has 40 heavy (non-hydrogen) atoms. The smallest absolute Gasteiger partial charge is 0.137 e. The molecule has 0 atom stereocenters. The second-order valence-electron chi connectivity index (χ2n) is 9.99. The minimum atomic E-state index is 0.890. The van der Waals surface area contributed by atoms with E-state index in [1.807, 2.05) is 36.7 Å². The summed E-state index contributed by atoms with van der Waals surface area (Å²) in [5, 5.41) is 2.40. The summed E-state index contributed by atoms with van der Waals surface area (Å²) in [7, 11) is 0. The number of nitrogens with zero attached hydrogens (tertiary/aromatic N) is 3. The molecule has 0 unspecified atom stereocenters. The lowest BCUT2D eigenvalue weighted by Crippen LogP contribution is -2.13. The van der Waals surface area contributed by atoms with E-state index in [9.17, 15) is 0 Å². The molecule has 4 nitrogen and oxygen atoms in total. The summed E-state index contributed by atoms with van der Waals surface area (Å²) in [6.07, 6.45) is 8.08. The number of para-hydroxylation sites is 3. The topological polar surface area (TPSA) is 44.8 Å². The lowest BCUT2D eigenvalue weighted by molar-refractivity contribution is 1.18. The Labute approximate surface area is 231 Å². The van der Waals surface area contributed by atoms with E-state index in [1.165, 1.54) is 10.8 Å². The molecule has 0 aliphatic carbocycles. The fourth-order valence-corrected chi connectivity index (χ4v) is 5.84. The summed E-state index contributed by atoms with van der Waals surface area (Å²) in [5.74, 6) is 0.890. The van der Waals surface area contributed by atoms with E-state index in [0.29, 0.717) is 0 Å². The third-order valence-corrected chi connectivity index (χ3v) is 7.69. The highest BCUT2D eigenvalue weighted by atomic mass is 15.2. The van der Waals surface area contributed by atoms with Crippen molar-refractivity contribution in [3.63, 3.8) is 0 Å². The van der Waals surface area contributed by atoms with Crippen molar-refractivity contribution in [3.8, 4) is 22.4 Å². The van der Waals surface area contributed by atoms with Gasteiger partial charge in [0, 0.05) is 34.3 Å². The Bertz CT molecular complexity index is 2060. The molecule has 188 valence electrons. The molecule has 0 bridgehead atoms. The lowest BCUT2D eigenvalue weighted by Gasteiger charge is -2.26. The Balaban J connectivity index is 1.35. The summed E-state index contributed by atoms with van der Waals surface area (Å²) in [6.45, 7) is 0. The van der Waals surface area contributed by atoms with Gasteiger partial charge in [-0.15, -0.1) is 0 Å². The van der Waals surface area contributed by atoms with Crippen LogP contribution in [0.25, 0.3) is 56.3 Å². The predicted octanol–water partition coefficient (Wildman–Crippen LogP) is 9.40. The third kappa shape index (κ3) is 3.54. The number of fused-ring (bicyclic) bond motifs is 5. The zero-order chi connectivity index (χ0) is 26.5. The fourth-order valence-electron chi connectivity index (χ4n) is 5.84. The van der Waals surface area contributed by atoms with Crippen LogP contribution in [-0.4, -0.2) is 15.0 Å². The average molecular weight is 513 g/mol. The largest absolute Gasteiger partial charge is 0.353 e. The van der Waals surface area contributed by atoms with Gasteiger partial charge in [-0.3, -0.25) is 9.88 Å². The van der Waals surface area contributed by atoms with Gasteiger partial charge in [-0.05, 0) is 53.1 Å². The summed E-state index contributed by atoms with van der Waals surface area (Å²) in [5.41, 5.74) is 11.1. The molecule has 8 rings (SSSR count). The van der Waals surface area contributed by atoms with Crippen LogP contribution in [-0.2, 0) is 0 Å². The molecule has 7 aromatic rings. The van der Waals surface area contributed by atoms with Gasteiger partial charge in [0.05, 0.1) is 28.1 Å². The number of aromatic amines is 1. The first-order chi connectivity index (χ1) is 19.8. The standard InChI is InChI=1S/C36H24N4/c1-2-15-32-24(9-1)17-18-25-19-20-26(23-33(25)40(32)34-16-4-6-22-38-34)27-10-7-11-28-29-12-8-13-30(36(29)39-35(27)28)31-14-3-5-21-37-31/h1-23,39H. The molecular weight excluding hydrogens is 488 g/mol. The number of anilines is 3. The summed E-state index contributed by atoms with van der Waals surface area (Å²) >= 11 is 0. The second kappa shape index (κ2) is 9.07. The van der Waals surface area contributed by atoms with Crippen molar-refractivity contribution in [2.45, 2.75) is 0 Å². The van der Waals surface area contributed by atoms with Gasteiger partial charge in [0.2, 0.25) is 0 Å². The summed E-state index contributed by atoms with van der Waals surface area (Å²) < 4.78 is 0. The van der Waals surface area contributed by atoms with Crippen molar-refractivity contribution in [1.29, 1.82) is 0 Å². The normalized spacial score (nSPS) is 12.3. The Hall–Kier alpha value is -5.48. The van der Waals surface area contributed by atoms with Gasteiger partial charge in [-0.2, -0.15) is 0 Å². The number of hydrogen-bond acceptors (Lipinski definition) is 3. The van der Waals surface area contributed by atoms with Crippen LogP contribution in [0.3, 0.4) is 0 Å². The maximum absolute atomic E-state index is 4.75. The van der Waals surface area contributed by atoms with Crippen molar-refractivity contribution in [3.05, 3.63) is 139 Å². The Morgan fingerprint density at radius 2 is 1.23 bits per heavy atom. The molecule has 0 fully saturated rings. The predicted molar refractivity (Wildman–Crippen MR) is 166 cm³/mol. The average Bonchev–Trinajstić information content (AvgIpc) is 3.33. The molecule has 1 aliphatic heterocycles. The minimum Gasteiger partial charge on any atom is -0.353 e. The van der Waals surface area contributed by atoms with Crippen LogP contribution >= 0.6 is 0 Å². The monoisotopic (exact) mass is 512 g/mol. The fraction of sp³-hybridized carbons (Fsp3) is 0. The van der Waals surface area contributed by atoms with Crippen LogP contribution in [0.2, 0.25) is 0 Å². The number of benzene rings is 4. The van der Waals surface area contributed by atoms with Crippen molar-refractivity contribution in [1.82, 2.24) is 15.0 Å². The highest BCUT2D eigenvalue weighted by Gasteiger charge is 2.22. The van der Waals surface area contributed by atoms with Crippen LogP contribution in [0.1, 0.15) is 11.1 Å². The zero-order valence-electron chi connectivity index (χ0n) is 21.6. The first-order valence-corrected chi connectivity index (χ1v) is 13.4. The third-order valence-electron chi connectivity index (χ3n) is 7.69. The van der Waals surface area contributed by atoms with E-state index in [4.69, 9.17) is 4.98 Å². The van der Waals surface area contributed by atoms with Gasteiger partial charge in [-0.25, -0.2) is 4.98 Å². The van der Waals surface area contributed by atoms with E-state index in [0.717, 1.165) is 61.7 Å². The first kappa shape index (κ1) is 22.5. The number of H-pyrrole nitrogens is 1. The van der Waals surface area contributed by atoms with Gasteiger partial charge in [0.25, 0.3) is 0 Å². The maximum Gasteiger partial charge on any atom is 0.137 e. The number of pyridine rings is 2.